The van der Waals surface area contributed by atoms with Crippen LogP contribution in [0.1, 0.15) is 23.7 Å². The van der Waals surface area contributed by atoms with Crippen molar-refractivity contribution in [1.29, 1.82) is 0 Å². The molecule has 0 saturated carbocycles. The number of nitrogens with one attached hydrogen (secondary N) is 2. The number of halogens is 1. The molecule has 1 fully saturated rings. The van der Waals surface area contributed by atoms with Crippen LogP contribution < -0.4 is 24.8 Å². The van der Waals surface area contributed by atoms with Gasteiger partial charge >= 0.3 is 0 Å². The number of methoxy groups -OCH3 is 3. The van der Waals surface area contributed by atoms with Crippen molar-refractivity contribution < 1.29 is 18.6 Å². The van der Waals surface area contributed by atoms with Crippen LogP contribution in [0.15, 0.2) is 36.4 Å². The highest BCUT2D eigenvalue weighted by molar-refractivity contribution is 5.96. The Morgan fingerprint density at radius 3 is 2.68 bits per heavy atom. The van der Waals surface area contributed by atoms with Gasteiger partial charge in [-0.3, -0.25) is 0 Å². The molecule has 0 radical (unpaired) electrons. The maximum Gasteiger partial charge on any atom is 0.226 e. The van der Waals surface area contributed by atoms with Crippen LogP contribution >= 0.6 is 0 Å². The number of aromatic nitrogens is 4. The van der Waals surface area contributed by atoms with Gasteiger partial charge in [-0.05, 0) is 30.7 Å². The summed E-state index contributed by atoms with van der Waals surface area (Å²) in [7, 11) is 4.85. The Kier molecular flexibility index (Phi) is 6.06. The predicted octanol–water partition coefficient (Wildman–Crippen LogP) is 3.33. The lowest BCUT2D eigenvalue weighted by molar-refractivity contribution is 0.243. The van der Waals surface area contributed by atoms with E-state index in [1.807, 2.05) is 36.4 Å². The van der Waals surface area contributed by atoms with Crippen molar-refractivity contribution >= 4 is 22.5 Å². The summed E-state index contributed by atoms with van der Waals surface area (Å²) in [5, 5.41) is 12.0. The lowest BCUT2D eigenvalue weighted by Gasteiger charge is -2.23. The number of fused-ring (bicyclic) bond motifs is 3. The normalized spacial score (nSPS) is 18.2. The van der Waals surface area contributed by atoms with Gasteiger partial charge in [0, 0.05) is 42.6 Å². The number of hydrogen-bond donors (Lipinski definition) is 2. The first-order chi connectivity index (χ1) is 16.6. The Bertz CT molecular complexity index is 1330. The third-order valence-corrected chi connectivity index (χ3v) is 6.09. The van der Waals surface area contributed by atoms with Crippen LogP contribution in [0.25, 0.3) is 16.6 Å². The minimum atomic E-state index is -0.916. The molecule has 0 bridgehead atoms. The largest absolute Gasteiger partial charge is 0.497 e. The van der Waals surface area contributed by atoms with E-state index in [-0.39, 0.29) is 5.92 Å². The zero-order chi connectivity index (χ0) is 23.7. The Balaban J connectivity index is 1.58. The van der Waals surface area contributed by atoms with E-state index in [0.717, 1.165) is 10.9 Å². The minimum absolute atomic E-state index is 0.112. The molecule has 1 aliphatic rings. The molecule has 3 heterocycles. The first kappa shape index (κ1) is 22.1. The lowest BCUT2D eigenvalue weighted by Crippen LogP contribution is -2.36. The van der Waals surface area contributed by atoms with E-state index < -0.39 is 6.17 Å². The number of piperidine rings is 1. The lowest BCUT2D eigenvalue weighted by atomic mass is 9.98. The number of hydrogen-bond acceptors (Lipinski definition) is 8. The van der Waals surface area contributed by atoms with Gasteiger partial charge in [0.1, 0.15) is 28.9 Å². The van der Waals surface area contributed by atoms with Crippen molar-refractivity contribution in [3.8, 4) is 17.2 Å². The number of para-hydroxylation sites is 1. The zero-order valence-corrected chi connectivity index (χ0v) is 19.3. The molecule has 2 aromatic carbocycles. The van der Waals surface area contributed by atoms with Crippen LogP contribution in [0.2, 0.25) is 0 Å². The zero-order valence-electron chi connectivity index (χ0n) is 19.3. The van der Waals surface area contributed by atoms with Crippen molar-refractivity contribution in [3.63, 3.8) is 0 Å². The van der Waals surface area contributed by atoms with Gasteiger partial charge in [0.25, 0.3) is 0 Å². The predicted molar refractivity (Wildman–Crippen MR) is 127 cm³/mol. The minimum Gasteiger partial charge on any atom is -0.497 e. The summed E-state index contributed by atoms with van der Waals surface area (Å²) in [6.07, 6.45) is -0.523. The van der Waals surface area contributed by atoms with E-state index in [2.05, 4.69) is 10.6 Å². The Morgan fingerprint density at radius 1 is 1.06 bits per heavy atom. The number of alkyl halides is 1. The van der Waals surface area contributed by atoms with Crippen LogP contribution in [-0.2, 0) is 6.54 Å². The van der Waals surface area contributed by atoms with E-state index in [4.69, 9.17) is 29.3 Å². The molecule has 1 aliphatic heterocycles. The smallest absolute Gasteiger partial charge is 0.226 e. The fourth-order valence-corrected chi connectivity index (χ4v) is 4.33. The highest BCUT2D eigenvalue weighted by Gasteiger charge is 2.27. The number of ether oxygens (including phenoxy) is 3. The van der Waals surface area contributed by atoms with Crippen LogP contribution in [0, 0.1) is 0 Å². The summed E-state index contributed by atoms with van der Waals surface area (Å²) in [5.74, 6) is 3.03. The fourth-order valence-electron chi connectivity index (χ4n) is 4.33. The molecule has 2 unspecified atom stereocenters. The van der Waals surface area contributed by atoms with Crippen molar-refractivity contribution in [2.45, 2.75) is 25.1 Å². The van der Waals surface area contributed by atoms with Gasteiger partial charge in [-0.15, -0.1) is 5.10 Å². The fraction of sp³-hybridized carbons (Fsp3) is 0.375. The summed E-state index contributed by atoms with van der Waals surface area (Å²) in [5.41, 5.74) is 2.24. The second-order valence-electron chi connectivity index (χ2n) is 8.22. The molecule has 1 saturated heterocycles. The van der Waals surface area contributed by atoms with Gasteiger partial charge in [-0.25, -0.2) is 14.4 Å². The van der Waals surface area contributed by atoms with Gasteiger partial charge in [0.15, 0.2) is 11.5 Å². The molecule has 34 heavy (non-hydrogen) atoms. The second kappa shape index (κ2) is 9.30. The molecule has 9 nitrogen and oxygen atoms in total. The van der Waals surface area contributed by atoms with Crippen LogP contribution in [0.5, 0.6) is 17.2 Å². The van der Waals surface area contributed by atoms with Gasteiger partial charge < -0.3 is 24.8 Å². The first-order valence-electron chi connectivity index (χ1n) is 11.1. The maximum absolute atomic E-state index is 14.1. The Morgan fingerprint density at radius 2 is 1.91 bits per heavy atom. The third kappa shape index (κ3) is 4.05. The Hall–Kier alpha value is -3.66. The summed E-state index contributed by atoms with van der Waals surface area (Å²) >= 11 is 0. The quantitative estimate of drug-likeness (QED) is 0.428. The van der Waals surface area contributed by atoms with Crippen LogP contribution in [-0.4, -0.2) is 60.2 Å². The highest BCUT2D eigenvalue weighted by atomic mass is 19.1. The molecular weight excluding hydrogens is 439 g/mol. The first-order valence-corrected chi connectivity index (χ1v) is 11.1. The molecular formula is C24H27FN6O3. The van der Waals surface area contributed by atoms with E-state index in [9.17, 15) is 4.39 Å². The highest BCUT2D eigenvalue weighted by Crippen LogP contribution is 2.31. The standard InChI is InChI=1S/C24H27FN6O3/c1-32-17-8-7-14(20(10-17)34-3)12-27-24-28-21-18(5-4-6-19(21)33-2)23-29-22(30-31(23)24)15-9-16(25)13-26-11-15/h4-8,10,15-16,26H,9,11-13H2,1-3H3,(H,27,28). The third-order valence-electron chi connectivity index (χ3n) is 6.09. The number of benzene rings is 2. The van der Waals surface area contributed by atoms with Crippen LogP contribution in [0.3, 0.4) is 0 Å². The second-order valence-corrected chi connectivity index (χ2v) is 8.22. The molecule has 2 atom stereocenters. The molecule has 0 aliphatic carbocycles. The summed E-state index contributed by atoms with van der Waals surface area (Å²) in [6, 6.07) is 11.3. The summed E-state index contributed by atoms with van der Waals surface area (Å²) in [4.78, 5) is 9.64. The molecule has 2 aromatic heterocycles. The van der Waals surface area contributed by atoms with Gasteiger partial charge in [-0.1, -0.05) is 6.07 Å². The monoisotopic (exact) mass is 466 g/mol. The molecule has 178 valence electrons. The molecule has 4 aromatic rings. The summed E-state index contributed by atoms with van der Waals surface area (Å²) in [6.45, 7) is 1.43. The number of anilines is 1. The summed E-state index contributed by atoms with van der Waals surface area (Å²) < 4.78 is 32.1. The molecule has 2 N–H and O–H groups in total. The van der Waals surface area contributed by atoms with E-state index in [1.54, 1.807) is 25.8 Å². The van der Waals surface area contributed by atoms with Crippen LogP contribution in [0.4, 0.5) is 10.3 Å². The SMILES string of the molecule is COc1ccc(CNc2nc3c(OC)cccc3c3nc(C4CNCC(F)C4)nn23)c(OC)c1. The molecule has 0 amide bonds. The number of nitrogens with zero attached hydrogens (tertiary/aromatic N) is 4. The van der Waals surface area contributed by atoms with Gasteiger partial charge in [-0.2, -0.15) is 4.52 Å². The van der Waals surface area contributed by atoms with E-state index in [0.29, 0.717) is 66.2 Å². The van der Waals surface area contributed by atoms with Gasteiger partial charge in [0.2, 0.25) is 5.95 Å². The van der Waals surface area contributed by atoms with Crippen molar-refractivity contribution in [1.82, 2.24) is 24.9 Å². The molecule has 0 spiro atoms. The number of rotatable bonds is 7. The average Bonchev–Trinajstić information content (AvgIpc) is 3.33. The van der Waals surface area contributed by atoms with E-state index >= 15 is 0 Å². The van der Waals surface area contributed by atoms with E-state index in [1.165, 1.54) is 0 Å². The van der Waals surface area contributed by atoms with Gasteiger partial charge in [0.05, 0.1) is 21.3 Å². The average molecular weight is 467 g/mol. The molecule has 5 rings (SSSR count). The molecule has 10 heteroatoms. The van der Waals surface area contributed by atoms with Crippen molar-refractivity contribution in [2.75, 3.05) is 39.7 Å². The van der Waals surface area contributed by atoms with Crippen molar-refractivity contribution in [3.05, 3.63) is 47.8 Å². The van der Waals surface area contributed by atoms with Crippen molar-refractivity contribution in [2.24, 2.45) is 0 Å². The maximum atomic E-state index is 14.1. The Labute approximate surface area is 196 Å². The topological polar surface area (TPSA) is 94.8 Å².